The molecule has 8 heteroatoms. The first kappa shape index (κ1) is 17.5. The van der Waals surface area contributed by atoms with Crippen molar-refractivity contribution in [3.63, 3.8) is 0 Å². The van der Waals surface area contributed by atoms with E-state index < -0.39 is 16.7 Å². The van der Waals surface area contributed by atoms with E-state index in [1.165, 1.54) is 6.07 Å². The molecule has 0 aliphatic rings. The van der Waals surface area contributed by atoms with Crippen molar-refractivity contribution in [1.82, 2.24) is 4.98 Å². The van der Waals surface area contributed by atoms with Gasteiger partial charge in [-0.25, -0.2) is 4.98 Å². The van der Waals surface area contributed by atoms with Gasteiger partial charge < -0.3 is 14.2 Å². The Bertz CT molecular complexity index is 1220. The Balaban J connectivity index is 1.65. The van der Waals surface area contributed by atoms with Gasteiger partial charge in [-0.3, -0.25) is 14.9 Å². The molecule has 2 aromatic heterocycles. The number of carbonyl (C=O) groups excluding carboxylic acids is 1. The Morgan fingerprint density at radius 2 is 1.93 bits per heavy atom. The summed E-state index contributed by atoms with van der Waals surface area (Å²) in [5.74, 6) is -0.768. The van der Waals surface area contributed by atoms with Crippen LogP contribution in [0.4, 0.5) is 11.6 Å². The van der Waals surface area contributed by atoms with Crippen LogP contribution in [0.2, 0.25) is 0 Å². The molecule has 0 aliphatic heterocycles. The highest BCUT2D eigenvalue weighted by Gasteiger charge is 2.19. The number of aryl methyl sites for hydroxylation is 1. The van der Waals surface area contributed by atoms with Crippen LogP contribution >= 0.6 is 0 Å². The van der Waals surface area contributed by atoms with Gasteiger partial charge in [0, 0.05) is 11.3 Å². The SMILES string of the molecule is Cc1ccc2oc(-c3cccc(NC(=O)c4ccc([N+](=O)[O-])o4)c3C)nc2c1. The molecule has 2 aromatic carbocycles. The third-order valence-electron chi connectivity index (χ3n) is 4.35. The van der Waals surface area contributed by atoms with Gasteiger partial charge in [-0.05, 0) is 55.3 Å². The smallest absolute Gasteiger partial charge is 0.433 e. The van der Waals surface area contributed by atoms with Gasteiger partial charge in [0.25, 0.3) is 5.91 Å². The Morgan fingerprint density at radius 3 is 2.68 bits per heavy atom. The number of rotatable bonds is 4. The number of nitro groups is 1. The lowest BCUT2D eigenvalue weighted by Crippen LogP contribution is -2.12. The maximum Gasteiger partial charge on any atom is 0.433 e. The third-order valence-corrected chi connectivity index (χ3v) is 4.35. The van der Waals surface area contributed by atoms with E-state index in [2.05, 4.69) is 10.3 Å². The summed E-state index contributed by atoms with van der Waals surface area (Å²) in [6.45, 7) is 3.81. The lowest BCUT2D eigenvalue weighted by atomic mass is 10.1. The fourth-order valence-corrected chi connectivity index (χ4v) is 2.89. The molecule has 28 heavy (non-hydrogen) atoms. The van der Waals surface area contributed by atoms with Crippen molar-refractivity contribution in [3.8, 4) is 11.5 Å². The average molecular weight is 377 g/mol. The van der Waals surface area contributed by atoms with Gasteiger partial charge in [0.1, 0.15) is 10.4 Å². The molecule has 4 aromatic rings. The van der Waals surface area contributed by atoms with E-state index in [4.69, 9.17) is 8.83 Å². The Kier molecular flexibility index (Phi) is 4.15. The van der Waals surface area contributed by atoms with Crippen LogP contribution in [0.25, 0.3) is 22.6 Å². The van der Waals surface area contributed by atoms with Gasteiger partial charge in [0.15, 0.2) is 11.3 Å². The van der Waals surface area contributed by atoms with E-state index in [1.807, 2.05) is 38.1 Å². The maximum atomic E-state index is 12.4. The van der Waals surface area contributed by atoms with E-state index in [1.54, 1.807) is 12.1 Å². The number of hydrogen-bond acceptors (Lipinski definition) is 6. The van der Waals surface area contributed by atoms with Gasteiger partial charge in [0.05, 0.1) is 6.07 Å². The fourth-order valence-electron chi connectivity index (χ4n) is 2.89. The topological polar surface area (TPSA) is 111 Å². The third kappa shape index (κ3) is 3.11. The van der Waals surface area contributed by atoms with Crippen molar-refractivity contribution in [3.05, 3.63) is 75.5 Å². The second-order valence-electron chi connectivity index (χ2n) is 6.32. The molecular weight excluding hydrogens is 362 g/mol. The van der Waals surface area contributed by atoms with Crippen molar-refractivity contribution in [2.24, 2.45) is 0 Å². The molecular formula is C20H15N3O5. The Labute approximate surface area is 158 Å². The van der Waals surface area contributed by atoms with E-state index >= 15 is 0 Å². The molecule has 0 aliphatic carbocycles. The summed E-state index contributed by atoms with van der Waals surface area (Å²) >= 11 is 0. The highest BCUT2D eigenvalue weighted by molar-refractivity contribution is 6.03. The van der Waals surface area contributed by atoms with Crippen LogP contribution in [0.5, 0.6) is 0 Å². The van der Waals surface area contributed by atoms with Crippen LogP contribution in [0.1, 0.15) is 21.7 Å². The number of aromatic nitrogens is 1. The summed E-state index contributed by atoms with van der Waals surface area (Å²) in [5.41, 5.74) is 4.53. The summed E-state index contributed by atoms with van der Waals surface area (Å²) in [6, 6.07) is 13.5. The molecule has 0 fully saturated rings. The summed E-state index contributed by atoms with van der Waals surface area (Å²) in [5, 5.41) is 13.4. The highest BCUT2D eigenvalue weighted by atomic mass is 16.6. The first-order valence-electron chi connectivity index (χ1n) is 8.45. The zero-order valence-corrected chi connectivity index (χ0v) is 15.1. The monoisotopic (exact) mass is 377 g/mol. The van der Waals surface area contributed by atoms with Crippen LogP contribution in [0.15, 0.2) is 57.4 Å². The van der Waals surface area contributed by atoms with Crippen LogP contribution in [-0.4, -0.2) is 15.8 Å². The number of anilines is 1. The molecule has 0 unspecified atom stereocenters. The second-order valence-corrected chi connectivity index (χ2v) is 6.32. The number of carbonyl (C=O) groups is 1. The second kappa shape index (κ2) is 6.66. The molecule has 4 rings (SSSR count). The average Bonchev–Trinajstić information content (AvgIpc) is 3.30. The quantitative estimate of drug-likeness (QED) is 0.401. The predicted octanol–water partition coefficient (Wildman–Crippen LogP) is 4.87. The molecule has 0 atom stereocenters. The van der Waals surface area contributed by atoms with E-state index in [9.17, 15) is 14.9 Å². The number of nitrogens with zero attached hydrogens (tertiary/aromatic N) is 2. The molecule has 1 N–H and O–H groups in total. The van der Waals surface area contributed by atoms with Crippen LogP contribution in [0, 0.1) is 24.0 Å². The standard InChI is InChI=1S/C20H15N3O5/c1-11-6-7-16-15(10-11)22-20(28-16)13-4-3-5-14(12(13)2)21-19(24)17-8-9-18(27-17)23(25)26/h3-10H,1-2H3,(H,21,24). The predicted molar refractivity (Wildman–Crippen MR) is 102 cm³/mol. The summed E-state index contributed by atoms with van der Waals surface area (Å²) in [7, 11) is 0. The minimum Gasteiger partial charge on any atom is -0.436 e. The number of amides is 1. The molecule has 2 heterocycles. The number of hydrogen-bond donors (Lipinski definition) is 1. The number of fused-ring (bicyclic) bond motifs is 1. The zero-order chi connectivity index (χ0) is 19.8. The minimum absolute atomic E-state index is 0.145. The van der Waals surface area contributed by atoms with Crippen molar-refractivity contribution in [2.45, 2.75) is 13.8 Å². The van der Waals surface area contributed by atoms with E-state index in [-0.39, 0.29) is 5.76 Å². The fraction of sp³-hybridized carbons (Fsp3) is 0.100. The molecule has 0 saturated carbocycles. The summed E-state index contributed by atoms with van der Waals surface area (Å²) in [6.07, 6.45) is 0. The minimum atomic E-state index is -0.697. The van der Waals surface area contributed by atoms with Crippen LogP contribution < -0.4 is 5.32 Å². The molecule has 0 spiro atoms. The largest absolute Gasteiger partial charge is 0.436 e. The summed E-state index contributed by atoms with van der Waals surface area (Å²) < 4.78 is 10.8. The Morgan fingerprint density at radius 1 is 1.11 bits per heavy atom. The molecule has 0 bridgehead atoms. The van der Waals surface area contributed by atoms with Crippen molar-refractivity contribution in [1.29, 1.82) is 0 Å². The van der Waals surface area contributed by atoms with Gasteiger partial charge >= 0.3 is 5.88 Å². The van der Waals surface area contributed by atoms with Gasteiger partial charge in [-0.15, -0.1) is 0 Å². The first-order chi connectivity index (χ1) is 13.4. The van der Waals surface area contributed by atoms with Crippen molar-refractivity contribution in [2.75, 3.05) is 5.32 Å². The van der Waals surface area contributed by atoms with Gasteiger partial charge in [-0.1, -0.05) is 12.1 Å². The van der Waals surface area contributed by atoms with Crippen molar-refractivity contribution >= 4 is 28.6 Å². The Hall–Kier alpha value is -3.94. The number of benzene rings is 2. The molecule has 8 nitrogen and oxygen atoms in total. The van der Waals surface area contributed by atoms with E-state index in [0.717, 1.165) is 28.3 Å². The molecule has 140 valence electrons. The van der Waals surface area contributed by atoms with Crippen LogP contribution in [0.3, 0.4) is 0 Å². The van der Waals surface area contributed by atoms with Gasteiger partial charge in [-0.2, -0.15) is 0 Å². The molecule has 0 radical (unpaired) electrons. The van der Waals surface area contributed by atoms with E-state index in [0.29, 0.717) is 17.2 Å². The summed E-state index contributed by atoms with van der Waals surface area (Å²) in [4.78, 5) is 26.9. The first-order valence-corrected chi connectivity index (χ1v) is 8.45. The normalized spacial score (nSPS) is 10.9. The maximum absolute atomic E-state index is 12.4. The zero-order valence-electron chi connectivity index (χ0n) is 15.1. The van der Waals surface area contributed by atoms with Crippen molar-refractivity contribution < 1.29 is 18.6 Å². The lowest BCUT2D eigenvalue weighted by Gasteiger charge is -2.09. The highest BCUT2D eigenvalue weighted by Crippen LogP contribution is 2.31. The molecule has 0 saturated heterocycles. The van der Waals surface area contributed by atoms with Crippen LogP contribution in [-0.2, 0) is 0 Å². The molecule has 1 amide bonds. The lowest BCUT2D eigenvalue weighted by molar-refractivity contribution is -0.402. The number of nitrogens with one attached hydrogen (secondary N) is 1. The number of oxazole rings is 1. The van der Waals surface area contributed by atoms with Gasteiger partial charge in [0.2, 0.25) is 5.89 Å². The number of furan rings is 1.